The Hall–Kier alpha value is -2.50. The molecule has 0 bridgehead atoms. The van der Waals surface area contributed by atoms with E-state index in [2.05, 4.69) is 15.0 Å². The monoisotopic (exact) mass is 231 g/mol. The van der Waals surface area contributed by atoms with Gasteiger partial charge < -0.3 is 4.74 Å². The number of aldehydes is 1. The van der Waals surface area contributed by atoms with E-state index in [1.165, 1.54) is 18.0 Å². The average Bonchev–Trinajstić information content (AvgIpc) is 2.86. The van der Waals surface area contributed by atoms with Crippen LogP contribution in [0.2, 0.25) is 0 Å². The maximum atomic E-state index is 11.4. The molecule has 0 aliphatic heterocycles. The van der Waals surface area contributed by atoms with Gasteiger partial charge in [0.05, 0.1) is 24.6 Å². The lowest BCUT2D eigenvalue weighted by Crippen LogP contribution is -2.05. The van der Waals surface area contributed by atoms with Gasteiger partial charge in [-0.1, -0.05) is 11.3 Å². The Labute approximate surface area is 96.8 Å². The number of ether oxygens (including phenoxy) is 1. The zero-order valence-corrected chi connectivity index (χ0v) is 9.03. The van der Waals surface area contributed by atoms with Crippen LogP contribution in [0.5, 0.6) is 0 Å². The van der Waals surface area contributed by atoms with E-state index in [-0.39, 0.29) is 0 Å². The molecule has 0 radical (unpaired) electrons. The Bertz CT molecular complexity index is 563. The average molecular weight is 231 g/mol. The lowest BCUT2D eigenvalue weighted by Gasteiger charge is -2.04. The van der Waals surface area contributed by atoms with Crippen LogP contribution in [-0.4, -0.2) is 34.4 Å². The molecular formula is C11H9N3O3. The van der Waals surface area contributed by atoms with E-state index in [4.69, 9.17) is 0 Å². The quantitative estimate of drug-likeness (QED) is 0.578. The molecule has 0 N–H and O–H groups in total. The fraction of sp³-hybridized carbons (Fsp3) is 0.0909. The zero-order valence-electron chi connectivity index (χ0n) is 9.03. The standard InChI is InChI=1S/C11H9N3O3/c1-17-11(16)8-3-2-4-9(5-8)14-10(7-15)6-12-13-14/h2-7H,1H3. The number of carbonyl (C=O) groups is 2. The largest absolute Gasteiger partial charge is 0.465 e. The molecule has 1 aromatic carbocycles. The topological polar surface area (TPSA) is 74.1 Å². The molecule has 1 aromatic heterocycles. The molecule has 17 heavy (non-hydrogen) atoms. The molecule has 0 saturated heterocycles. The SMILES string of the molecule is COC(=O)c1cccc(-n2nncc2C=O)c1. The number of methoxy groups -OCH3 is 1. The van der Waals surface area contributed by atoms with Crippen LogP contribution < -0.4 is 0 Å². The predicted octanol–water partition coefficient (Wildman–Crippen LogP) is 0.866. The highest BCUT2D eigenvalue weighted by Crippen LogP contribution is 2.11. The highest BCUT2D eigenvalue weighted by atomic mass is 16.5. The summed E-state index contributed by atoms with van der Waals surface area (Å²) in [6, 6.07) is 6.59. The van der Waals surface area contributed by atoms with Crippen LogP contribution in [0.15, 0.2) is 30.5 Å². The molecule has 0 aliphatic rings. The molecule has 0 aliphatic carbocycles. The highest BCUT2D eigenvalue weighted by molar-refractivity contribution is 5.90. The first-order chi connectivity index (χ1) is 8.26. The summed E-state index contributed by atoms with van der Waals surface area (Å²) in [6.45, 7) is 0. The fourth-order valence-corrected chi connectivity index (χ4v) is 1.41. The van der Waals surface area contributed by atoms with E-state index in [0.717, 1.165) is 0 Å². The van der Waals surface area contributed by atoms with E-state index in [0.29, 0.717) is 23.2 Å². The van der Waals surface area contributed by atoms with Crippen LogP contribution in [-0.2, 0) is 4.74 Å². The number of aromatic nitrogens is 3. The Kier molecular flexibility index (Phi) is 2.95. The van der Waals surface area contributed by atoms with Crippen molar-refractivity contribution >= 4 is 12.3 Å². The van der Waals surface area contributed by atoms with E-state index >= 15 is 0 Å². The van der Waals surface area contributed by atoms with Gasteiger partial charge in [0.25, 0.3) is 0 Å². The summed E-state index contributed by atoms with van der Waals surface area (Å²) < 4.78 is 5.96. The van der Waals surface area contributed by atoms with Gasteiger partial charge in [-0.15, -0.1) is 5.10 Å². The number of benzene rings is 1. The van der Waals surface area contributed by atoms with Gasteiger partial charge in [-0.25, -0.2) is 9.48 Å². The molecule has 86 valence electrons. The van der Waals surface area contributed by atoms with Crippen molar-refractivity contribution in [1.29, 1.82) is 0 Å². The second-order valence-electron chi connectivity index (χ2n) is 3.23. The first-order valence-electron chi connectivity index (χ1n) is 4.81. The Balaban J connectivity index is 2.46. The van der Waals surface area contributed by atoms with Crippen molar-refractivity contribution in [3.63, 3.8) is 0 Å². The summed E-state index contributed by atoms with van der Waals surface area (Å²) in [5.74, 6) is -0.445. The first-order valence-corrected chi connectivity index (χ1v) is 4.81. The van der Waals surface area contributed by atoms with Crippen molar-refractivity contribution in [2.75, 3.05) is 7.11 Å². The number of rotatable bonds is 3. The van der Waals surface area contributed by atoms with Gasteiger partial charge in [0.15, 0.2) is 6.29 Å². The van der Waals surface area contributed by atoms with Crippen molar-refractivity contribution in [2.45, 2.75) is 0 Å². The van der Waals surface area contributed by atoms with Crippen molar-refractivity contribution in [2.24, 2.45) is 0 Å². The lowest BCUT2D eigenvalue weighted by molar-refractivity contribution is 0.0600. The van der Waals surface area contributed by atoms with Gasteiger partial charge >= 0.3 is 5.97 Å². The molecule has 0 atom stereocenters. The molecule has 2 aromatic rings. The summed E-state index contributed by atoms with van der Waals surface area (Å²) in [5, 5.41) is 7.40. The van der Waals surface area contributed by atoms with Crippen LogP contribution in [0.4, 0.5) is 0 Å². The summed E-state index contributed by atoms with van der Waals surface area (Å²) in [6.07, 6.45) is 1.99. The Morgan fingerprint density at radius 1 is 1.47 bits per heavy atom. The van der Waals surface area contributed by atoms with Gasteiger partial charge in [-0.3, -0.25) is 4.79 Å². The fourth-order valence-electron chi connectivity index (χ4n) is 1.41. The second kappa shape index (κ2) is 4.56. The minimum Gasteiger partial charge on any atom is -0.465 e. The minimum absolute atomic E-state index is 0.312. The number of esters is 1. The van der Waals surface area contributed by atoms with E-state index in [9.17, 15) is 9.59 Å². The smallest absolute Gasteiger partial charge is 0.337 e. The third-order valence-corrected chi connectivity index (χ3v) is 2.21. The van der Waals surface area contributed by atoms with Gasteiger partial charge in [0, 0.05) is 0 Å². The molecule has 6 nitrogen and oxygen atoms in total. The van der Waals surface area contributed by atoms with Crippen LogP contribution in [0.25, 0.3) is 5.69 Å². The molecule has 6 heteroatoms. The summed E-state index contributed by atoms with van der Waals surface area (Å²) >= 11 is 0. The maximum absolute atomic E-state index is 11.4. The summed E-state index contributed by atoms with van der Waals surface area (Å²) in [4.78, 5) is 22.1. The zero-order chi connectivity index (χ0) is 12.3. The lowest BCUT2D eigenvalue weighted by atomic mass is 10.2. The van der Waals surface area contributed by atoms with Crippen LogP contribution >= 0.6 is 0 Å². The molecule has 0 unspecified atom stereocenters. The van der Waals surface area contributed by atoms with E-state index in [1.807, 2.05) is 0 Å². The number of hydrogen-bond acceptors (Lipinski definition) is 5. The van der Waals surface area contributed by atoms with Crippen LogP contribution in [0.3, 0.4) is 0 Å². The third kappa shape index (κ3) is 2.05. The molecule has 1 heterocycles. The van der Waals surface area contributed by atoms with E-state index < -0.39 is 5.97 Å². The van der Waals surface area contributed by atoms with Crippen LogP contribution in [0, 0.1) is 0 Å². The van der Waals surface area contributed by atoms with Crippen molar-refractivity contribution < 1.29 is 14.3 Å². The predicted molar refractivity (Wildman–Crippen MR) is 58.1 cm³/mol. The Morgan fingerprint density at radius 3 is 3.00 bits per heavy atom. The molecule has 0 spiro atoms. The van der Waals surface area contributed by atoms with Gasteiger partial charge in [0.2, 0.25) is 0 Å². The number of carbonyl (C=O) groups excluding carboxylic acids is 2. The maximum Gasteiger partial charge on any atom is 0.337 e. The number of hydrogen-bond donors (Lipinski definition) is 0. The highest BCUT2D eigenvalue weighted by Gasteiger charge is 2.09. The van der Waals surface area contributed by atoms with Crippen molar-refractivity contribution in [1.82, 2.24) is 15.0 Å². The summed E-state index contributed by atoms with van der Waals surface area (Å²) in [5.41, 5.74) is 1.27. The minimum atomic E-state index is -0.445. The Morgan fingerprint density at radius 2 is 2.29 bits per heavy atom. The molecule has 0 fully saturated rings. The summed E-state index contributed by atoms with van der Waals surface area (Å²) in [7, 11) is 1.31. The first kappa shape index (κ1) is 11.0. The van der Waals surface area contributed by atoms with Gasteiger partial charge in [0.1, 0.15) is 5.69 Å². The van der Waals surface area contributed by atoms with Gasteiger partial charge in [-0.05, 0) is 18.2 Å². The normalized spacial score (nSPS) is 9.94. The van der Waals surface area contributed by atoms with Gasteiger partial charge in [-0.2, -0.15) is 0 Å². The molecular weight excluding hydrogens is 222 g/mol. The van der Waals surface area contributed by atoms with E-state index in [1.54, 1.807) is 24.3 Å². The van der Waals surface area contributed by atoms with Crippen LogP contribution in [0.1, 0.15) is 20.8 Å². The third-order valence-electron chi connectivity index (χ3n) is 2.21. The molecule has 2 rings (SSSR count). The molecule has 0 saturated carbocycles. The molecule has 0 amide bonds. The number of nitrogens with zero attached hydrogens (tertiary/aromatic N) is 3. The van der Waals surface area contributed by atoms with Crippen molar-refractivity contribution in [3.8, 4) is 5.69 Å². The van der Waals surface area contributed by atoms with Crippen molar-refractivity contribution in [3.05, 3.63) is 41.7 Å². The second-order valence-corrected chi connectivity index (χ2v) is 3.23.